The maximum Gasteiger partial charge on any atom is 0.142 e. The lowest BCUT2D eigenvalue weighted by molar-refractivity contribution is 0.718. The smallest absolute Gasteiger partial charge is 0.142 e. The molecule has 1 saturated carbocycles. The first-order valence-corrected chi connectivity index (χ1v) is 6.20. The zero-order valence-corrected chi connectivity index (χ0v) is 11.1. The van der Waals surface area contributed by atoms with E-state index in [9.17, 15) is 0 Å². The van der Waals surface area contributed by atoms with E-state index in [1.807, 2.05) is 6.20 Å². The minimum Gasteiger partial charge on any atom is -0.358 e. The average molecular weight is 269 g/mol. The first kappa shape index (κ1) is 10.9. The highest BCUT2D eigenvalue weighted by Crippen LogP contribution is 2.39. The summed E-state index contributed by atoms with van der Waals surface area (Å²) in [6.07, 6.45) is 3.29. The van der Waals surface area contributed by atoms with Gasteiger partial charge in [-0.15, -0.1) is 0 Å². The standard InChI is InChI=1S/C12H17BrN2/c1-8-4-11(13)12(14-6-8)15(3)7-10-5-9(10)2/h4,6,9-10H,5,7H2,1-3H3. The molecule has 2 rings (SSSR count). The summed E-state index contributed by atoms with van der Waals surface area (Å²) in [5, 5.41) is 0. The van der Waals surface area contributed by atoms with E-state index in [0.717, 1.165) is 28.7 Å². The van der Waals surface area contributed by atoms with Crippen LogP contribution in [0, 0.1) is 18.8 Å². The third-order valence-corrected chi connectivity index (χ3v) is 3.69. The van der Waals surface area contributed by atoms with Crippen LogP contribution in [0.25, 0.3) is 0 Å². The highest BCUT2D eigenvalue weighted by Gasteiger charge is 2.33. The van der Waals surface area contributed by atoms with Crippen LogP contribution >= 0.6 is 15.9 Å². The van der Waals surface area contributed by atoms with E-state index in [-0.39, 0.29) is 0 Å². The van der Waals surface area contributed by atoms with Gasteiger partial charge >= 0.3 is 0 Å². The molecular weight excluding hydrogens is 252 g/mol. The Hall–Kier alpha value is -0.570. The maximum atomic E-state index is 4.46. The second-order valence-electron chi connectivity index (χ2n) is 4.67. The Kier molecular flexibility index (Phi) is 3.01. The largest absolute Gasteiger partial charge is 0.358 e. The molecule has 0 bridgehead atoms. The van der Waals surface area contributed by atoms with E-state index in [4.69, 9.17) is 0 Å². The zero-order valence-electron chi connectivity index (χ0n) is 9.50. The van der Waals surface area contributed by atoms with Gasteiger partial charge in [-0.05, 0) is 52.7 Å². The summed E-state index contributed by atoms with van der Waals surface area (Å²) in [5.74, 6) is 2.82. The second kappa shape index (κ2) is 4.12. The molecule has 1 aliphatic rings. The predicted molar refractivity (Wildman–Crippen MR) is 67.2 cm³/mol. The lowest BCUT2D eigenvalue weighted by Gasteiger charge is -2.19. The number of hydrogen-bond donors (Lipinski definition) is 0. The van der Waals surface area contributed by atoms with Gasteiger partial charge in [-0.3, -0.25) is 0 Å². The Bertz CT molecular complexity index is 365. The van der Waals surface area contributed by atoms with Crippen LogP contribution in [0.2, 0.25) is 0 Å². The quantitative estimate of drug-likeness (QED) is 0.837. The van der Waals surface area contributed by atoms with E-state index >= 15 is 0 Å². The number of hydrogen-bond acceptors (Lipinski definition) is 2. The SMILES string of the molecule is Cc1cnc(N(C)CC2CC2C)c(Br)c1. The molecule has 2 unspecified atom stereocenters. The second-order valence-corrected chi connectivity index (χ2v) is 5.53. The molecule has 1 aliphatic carbocycles. The van der Waals surface area contributed by atoms with E-state index in [1.165, 1.54) is 12.0 Å². The molecule has 0 spiro atoms. The summed E-state index contributed by atoms with van der Waals surface area (Å²) in [4.78, 5) is 6.71. The highest BCUT2D eigenvalue weighted by atomic mass is 79.9. The number of anilines is 1. The van der Waals surface area contributed by atoms with Crippen molar-refractivity contribution in [3.63, 3.8) is 0 Å². The summed E-state index contributed by atoms with van der Waals surface area (Å²) >= 11 is 3.57. The molecular formula is C12H17BrN2. The number of pyridine rings is 1. The van der Waals surface area contributed by atoms with Gasteiger partial charge in [0.2, 0.25) is 0 Å². The molecule has 1 fully saturated rings. The Morgan fingerprint density at radius 3 is 2.80 bits per heavy atom. The molecule has 0 saturated heterocycles. The Morgan fingerprint density at radius 2 is 2.27 bits per heavy atom. The topological polar surface area (TPSA) is 16.1 Å². The van der Waals surface area contributed by atoms with Gasteiger partial charge in [0, 0.05) is 19.8 Å². The van der Waals surface area contributed by atoms with Gasteiger partial charge in [0.1, 0.15) is 5.82 Å². The fourth-order valence-electron chi connectivity index (χ4n) is 1.90. The van der Waals surface area contributed by atoms with Crippen LogP contribution in [0.5, 0.6) is 0 Å². The molecule has 15 heavy (non-hydrogen) atoms. The first-order valence-electron chi connectivity index (χ1n) is 5.41. The zero-order chi connectivity index (χ0) is 11.0. The van der Waals surface area contributed by atoms with Gasteiger partial charge in [0.15, 0.2) is 0 Å². The minimum atomic E-state index is 0.866. The minimum absolute atomic E-state index is 0.866. The summed E-state index contributed by atoms with van der Waals surface area (Å²) in [5.41, 5.74) is 1.19. The van der Waals surface area contributed by atoms with E-state index in [0.29, 0.717) is 0 Å². The highest BCUT2D eigenvalue weighted by molar-refractivity contribution is 9.10. The van der Waals surface area contributed by atoms with Crippen LogP contribution in [-0.2, 0) is 0 Å². The normalized spacial score (nSPS) is 24.0. The van der Waals surface area contributed by atoms with Crippen LogP contribution in [0.1, 0.15) is 18.9 Å². The van der Waals surface area contributed by atoms with Gasteiger partial charge in [0.05, 0.1) is 4.47 Å². The predicted octanol–water partition coefficient (Wildman–Crippen LogP) is 3.24. The average Bonchev–Trinajstić information content (AvgIpc) is 2.81. The van der Waals surface area contributed by atoms with Crippen molar-refractivity contribution >= 4 is 21.7 Å². The van der Waals surface area contributed by atoms with Crippen LogP contribution in [0.15, 0.2) is 16.7 Å². The fourth-order valence-corrected chi connectivity index (χ4v) is 2.67. The van der Waals surface area contributed by atoms with Crippen molar-refractivity contribution in [1.82, 2.24) is 4.98 Å². The Morgan fingerprint density at radius 1 is 1.60 bits per heavy atom. The molecule has 1 heterocycles. The van der Waals surface area contributed by atoms with Gasteiger partial charge in [-0.2, -0.15) is 0 Å². The summed E-state index contributed by atoms with van der Waals surface area (Å²) in [6.45, 7) is 5.50. The van der Waals surface area contributed by atoms with E-state index < -0.39 is 0 Å². The first-order chi connectivity index (χ1) is 7.08. The van der Waals surface area contributed by atoms with Crippen LogP contribution in [-0.4, -0.2) is 18.6 Å². The van der Waals surface area contributed by atoms with Gasteiger partial charge in [-0.1, -0.05) is 6.92 Å². The summed E-state index contributed by atoms with van der Waals surface area (Å²) in [7, 11) is 2.12. The fraction of sp³-hybridized carbons (Fsp3) is 0.583. The Balaban J connectivity index is 2.07. The Labute approximate surface area is 99.8 Å². The molecule has 3 heteroatoms. The number of aromatic nitrogens is 1. The van der Waals surface area contributed by atoms with Crippen molar-refractivity contribution in [2.45, 2.75) is 20.3 Å². The lowest BCUT2D eigenvalue weighted by atomic mass is 10.3. The molecule has 0 aromatic carbocycles. The van der Waals surface area contributed by atoms with Crippen molar-refractivity contribution in [3.05, 3.63) is 22.3 Å². The van der Waals surface area contributed by atoms with Gasteiger partial charge < -0.3 is 4.90 Å². The number of aryl methyl sites for hydroxylation is 1. The molecule has 0 radical (unpaired) electrons. The third kappa shape index (κ3) is 2.51. The molecule has 2 atom stereocenters. The lowest BCUT2D eigenvalue weighted by Crippen LogP contribution is -2.22. The van der Waals surface area contributed by atoms with E-state index in [1.54, 1.807) is 0 Å². The van der Waals surface area contributed by atoms with Crippen molar-refractivity contribution < 1.29 is 0 Å². The van der Waals surface area contributed by atoms with Crippen molar-refractivity contribution in [3.8, 4) is 0 Å². The molecule has 1 aromatic rings. The number of nitrogens with zero attached hydrogens (tertiary/aromatic N) is 2. The maximum absolute atomic E-state index is 4.46. The van der Waals surface area contributed by atoms with Crippen molar-refractivity contribution in [2.75, 3.05) is 18.5 Å². The van der Waals surface area contributed by atoms with E-state index in [2.05, 4.69) is 52.8 Å². The molecule has 2 nitrogen and oxygen atoms in total. The van der Waals surface area contributed by atoms with Gasteiger partial charge in [-0.25, -0.2) is 4.98 Å². The molecule has 0 amide bonds. The molecule has 82 valence electrons. The van der Waals surface area contributed by atoms with Crippen molar-refractivity contribution in [1.29, 1.82) is 0 Å². The molecule has 1 aromatic heterocycles. The van der Waals surface area contributed by atoms with Crippen LogP contribution in [0.4, 0.5) is 5.82 Å². The molecule has 0 aliphatic heterocycles. The van der Waals surface area contributed by atoms with Gasteiger partial charge in [0.25, 0.3) is 0 Å². The van der Waals surface area contributed by atoms with Crippen LogP contribution < -0.4 is 4.90 Å². The number of rotatable bonds is 3. The monoisotopic (exact) mass is 268 g/mol. The summed E-state index contributed by atoms with van der Waals surface area (Å²) in [6, 6.07) is 2.12. The number of halogens is 1. The van der Waals surface area contributed by atoms with Crippen LogP contribution in [0.3, 0.4) is 0 Å². The summed E-state index contributed by atoms with van der Waals surface area (Å²) < 4.78 is 1.10. The van der Waals surface area contributed by atoms with Crippen molar-refractivity contribution in [2.24, 2.45) is 11.8 Å². The third-order valence-electron chi connectivity index (χ3n) is 3.10. The molecule has 0 N–H and O–H groups in total.